The first-order valence-electron chi connectivity index (χ1n) is 13.0. The Balaban J connectivity index is 2.13. The van der Waals surface area contributed by atoms with Crippen LogP contribution in [0.2, 0.25) is 5.02 Å². The first-order chi connectivity index (χ1) is 19.4. The molecule has 0 spiro atoms. The van der Waals surface area contributed by atoms with Gasteiger partial charge in [0.05, 0.1) is 24.8 Å². The van der Waals surface area contributed by atoms with E-state index in [2.05, 4.69) is 5.32 Å². The summed E-state index contributed by atoms with van der Waals surface area (Å²) < 4.78 is 40.0. The molecule has 0 fully saturated rings. The van der Waals surface area contributed by atoms with Crippen molar-refractivity contribution in [2.24, 2.45) is 0 Å². The molecule has 0 heterocycles. The largest absolute Gasteiger partial charge is 0.497 e. The molecule has 0 radical (unpaired) electrons. The van der Waals surface area contributed by atoms with Crippen molar-refractivity contribution in [2.45, 2.75) is 51.2 Å². The predicted octanol–water partition coefficient (Wildman–Crippen LogP) is 4.80. The smallest absolute Gasteiger partial charge is 0.264 e. The van der Waals surface area contributed by atoms with Crippen molar-refractivity contribution in [3.05, 3.63) is 82.9 Å². The van der Waals surface area contributed by atoms with Gasteiger partial charge in [0.2, 0.25) is 11.8 Å². The van der Waals surface area contributed by atoms with Gasteiger partial charge in [-0.25, -0.2) is 8.42 Å². The quantitative estimate of drug-likeness (QED) is 0.320. The number of ether oxygens (including phenoxy) is 2. The van der Waals surface area contributed by atoms with Crippen LogP contribution in [-0.2, 0) is 26.2 Å². The molecule has 3 aromatic carbocycles. The fourth-order valence-electron chi connectivity index (χ4n) is 4.16. The van der Waals surface area contributed by atoms with E-state index >= 15 is 0 Å². The van der Waals surface area contributed by atoms with Crippen LogP contribution in [0.1, 0.15) is 31.9 Å². The molecule has 0 aromatic heterocycles. The average Bonchev–Trinajstić information content (AvgIpc) is 2.93. The van der Waals surface area contributed by atoms with Gasteiger partial charge < -0.3 is 19.7 Å². The fourth-order valence-corrected chi connectivity index (χ4v) is 5.79. The second-order valence-corrected chi connectivity index (χ2v) is 12.2. The summed E-state index contributed by atoms with van der Waals surface area (Å²) in [7, 11) is -1.41. The maximum atomic E-state index is 14.1. The molecule has 9 nitrogen and oxygen atoms in total. The highest BCUT2D eigenvalue weighted by Gasteiger charge is 2.34. The number of aryl methyl sites for hydroxylation is 1. The maximum absolute atomic E-state index is 14.1. The lowest BCUT2D eigenvalue weighted by molar-refractivity contribution is -0.139. The van der Waals surface area contributed by atoms with Crippen molar-refractivity contribution in [1.82, 2.24) is 10.2 Å². The fraction of sp³-hybridized carbons (Fsp3) is 0.333. The SMILES string of the molecule is COc1ccc(OC)c(N(CC(=O)N(Cc2cccc(Cl)c2)[C@H](C)C(=O)NC(C)C)S(=O)(=O)c2ccc(C)cc2)c1. The maximum Gasteiger partial charge on any atom is 0.264 e. The molecule has 1 atom stereocenters. The number of methoxy groups -OCH3 is 2. The van der Waals surface area contributed by atoms with Crippen LogP contribution in [0, 0.1) is 6.92 Å². The van der Waals surface area contributed by atoms with E-state index in [9.17, 15) is 18.0 Å². The van der Waals surface area contributed by atoms with E-state index in [1.165, 1.54) is 37.3 Å². The number of carbonyl (C=O) groups is 2. The minimum absolute atomic E-state index is 0.00670. The highest BCUT2D eigenvalue weighted by molar-refractivity contribution is 7.92. The van der Waals surface area contributed by atoms with Gasteiger partial charge in [0, 0.05) is 23.7 Å². The Morgan fingerprint density at radius 2 is 1.63 bits per heavy atom. The van der Waals surface area contributed by atoms with Gasteiger partial charge in [-0.15, -0.1) is 0 Å². The number of sulfonamides is 1. The Labute approximate surface area is 247 Å². The van der Waals surface area contributed by atoms with Crippen LogP contribution in [0.4, 0.5) is 5.69 Å². The number of hydrogen-bond acceptors (Lipinski definition) is 6. The number of amides is 2. The molecule has 220 valence electrons. The van der Waals surface area contributed by atoms with Crippen molar-refractivity contribution in [3.63, 3.8) is 0 Å². The van der Waals surface area contributed by atoms with Gasteiger partial charge in [0.25, 0.3) is 10.0 Å². The third kappa shape index (κ3) is 7.92. The summed E-state index contributed by atoms with van der Waals surface area (Å²) in [5.74, 6) is -0.377. The lowest BCUT2D eigenvalue weighted by Gasteiger charge is -2.32. The number of hydrogen-bond donors (Lipinski definition) is 1. The molecular weight excluding hydrogens is 566 g/mol. The standard InChI is InChI=1S/C30H36ClN3O6S/c1-20(2)32-30(36)22(4)33(18-23-8-7-9-24(31)16-23)29(35)19-34(27-17-25(39-5)12-15-28(27)40-6)41(37,38)26-13-10-21(3)11-14-26/h7-17,20,22H,18-19H2,1-6H3,(H,32,36)/t22-/m1/s1. The van der Waals surface area contributed by atoms with E-state index in [0.717, 1.165) is 9.87 Å². The van der Waals surface area contributed by atoms with Gasteiger partial charge in [-0.3, -0.25) is 13.9 Å². The summed E-state index contributed by atoms with van der Waals surface area (Å²) in [6, 6.07) is 16.9. The molecule has 0 saturated carbocycles. The molecule has 3 rings (SSSR count). The molecule has 2 amide bonds. The van der Waals surface area contributed by atoms with Crippen LogP contribution >= 0.6 is 11.6 Å². The van der Waals surface area contributed by atoms with Crippen LogP contribution in [0.25, 0.3) is 0 Å². The second-order valence-electron chi connectivity index (χ2n) is 9.85. The van der Waals surface area contributed by atoms with Gasteiger partial charge in [0.15, 0.2) is 0 Å². The molecule has 3 aromatic rings. The third-order valence-electron chi connectivity index (χ3n) is 6.38. The Kier molecular flexibility index (Phi) is 10.6. The van der Waals surface area contributed by atoms with Crippen LogP contribution in [0.15, 0.2) is 71.6 Å². The number of anilines is 1. The van der Waals surface area contributed by atoms with Gasteiger partial charge in [-0.05, 0) is 69.7 Å². The predicted molar refractivity (Wildman–Crippen MR) is 160 cm³/mol. The van der Waals surface area contributed by atoms with Gasteiger partial charge >= 0.3 is 0 Å². The lowest BCUT2D eigenvalue weighted by atomic mass is 10.1. The molecule has 1 N–H and O–H groups in total. The van der Waals surface area contributed by atoms with E-state index < -0.39 is 28.5 Å². The zero-order chi connectivity index (χ0) is 30.3. The van der Waals surface area contributed by atoms with Crippen molar-refractivity contribution in [3.8, 4) is 11.5 Å². The Bertz CT molecular complexity index is 1480. The summed E-state index contributed by atoms with van der Waals surface area (Å²) >= 11 is 6.19. The van der Waals surface area contributed by atoms with Crippen molar-refractivity contribution >= 4 is 39.1 Å². The zero-order valence-corrected chi connectivity index (χ0v) is 25.6. The molecular formula is C30H36ClN3O6S. The second kappa shape index (κ2) is 13.7. The minimum Gasteiger partial charge on any atom is -0.497 e. The monoisotopic (exact) mass is 601 g/mol. The number of carbonyl (C=O) groups excluding carboxylic acids is 2. The van der Waals surface area contributed by atoms with Crippen molar-refractivity contribution in [2.75, 3.05) is 25.1 Å². The zero-order valence-electron chi connectivity index (χ0n) is 24.0. The van der Waals surface area contributed by atoms with E-state index in [0.29, 0.717) is 16.3 Å². The molecule has 0 unspecified atom stereocenters. The number of benzene rings is 3. The van der Waals surface area contributed by atoms with Crippen LogP contribution < -0.4 is 19.1 Å². The van der Waals surface area contributed by atoms with E-state index in [4.69, 9.17) is 21.1 Å². The topological polar surface area (TPSA) is 105 Å². The summed E-state index contributed by atoms with van der Waals surface area (Å²) in [5.41, 5.74) is 1.67. The number of halogens is 1. The minimum atomic E-state index is -4.27. The molecule has 0 aliphatic heterocycles. The van der Waals surface area contributed by atoms with Gasteiger partial charge in [0.1, 0.15) is 24.1 Å². The van der Waals surface area contributed by atoms with Crippen LogP contribution in [0.5, 0.6) is 11.5 Å². The normalized spacial score (nSPS) is 12.0. The molecule has 0 aliphatic rings. The molecule has 0 aliphatic carbocycles. The van der Waals surface area contributed by atoms with E-state index in [-0.39, 0.29) is 34.8 Å². The third-order valence-corrected chi connectivity index (χ3v) is 8.39. The summed E-state index contributed by atoms with van der Waals surface area (Å²) in [6.45, 7) is 6.50. The van der Waals surface area contributed by atoms with Crippen LogP contribution in [-0.4, -0.2) is 58.0 Å². The van der Waals surface area contributed by atoms with Gasteiger partial charge in [-0.2, -0.15) is 0 Å². The summed E-state index contributed by atoms with van der Waals surface area (Å²) in [6.07, 6.45) is 0. The number of rotatable bonds is 12. The Hall–Kier alpha value is -3.76. The van der Waals surface area contributed by atoms with Gasteiger partial charge in [-0.1, -0.05) is 41.4 Å². The molecule has 0 bridgehead atoms. The Morgan fingerprint density at radius 3 is 2.22 bits per heavy atom. The summed E-state index contributed by atoms with van der Waals surface area (Å²) in [4.78, 5) is 28.5. The highest BCUT2D eigenvalue weighted by Crippen LogP contribution is 2.36. The first kappa shape index (κ1) is 31.8. The number of nitrogens with zero attached hydrogens (tertiary/aromatic N) is 2. The highest BCUT2D eigenvalue weighted by atomic mass is 35.5. The molecule has 11 heteroatoms. The first-order valence-corrected chi connectivity index (χ1v) is 14.8. The molecule has 41 heavy (non-hydrogen) atoms. The lowest BCUT2D eigenvalue weighted by Crippen LogP contribution is -2.52. The van der Waals surface area contributed by atoms with Crippen molar-refractivity contribution < 1.29 is 27.5 Å². The van der Waals surface area contributed by atoms with Crippen LogP contribution in [0.3, 0.4) is 0 Å². The Morgan fingerprint density at radius 1 is 0.951 bits per heavy atom. The molecule has 0 saturated heterocycles. The number of nitrogens with one attached hydrogen (secondary N) is 1. The summed E-state index contributed by atoms with van der Waals surface area (Å²) in [5, 5.41) is 3.30. The van der Waals surface area contributed by atoms with E-state index in [1.54, 1.807) is 55.5 Å². The van der Waals surface area contributed by atoms with Crippen molar-refractivity contribution in [1.29, 1.82) is 0 Å². The van der Waals surface area contributed by atoms with E-state index in [1.807, 2.05) is 20.8 Å². The average molecular weight is 602 g/mol.